The molecule has 2 heterocycles. The minimum Gasteiger partial charge on any atom is -0.492 e. The third-order valence-corrected chi connectivity index (χ3v) is 5.19. The van der Waals surface area contributed by atoms with E-state index in [4.69, 9.17) is 6.15 Å². The van der Waals surface area contributed by atoms with Gasteiger partial charge in [0.05, 0.1) is 6.61 Å². The SMILES string of the molecule is [2H]N1CCC2(COc3cc(C)c(C)cc32)CC1C(C)(C)C. The third-order valence-electron chi connectivity index (χ3n) is 5.19. The van der Waals surface area contributed by atoms with Crippen molar-refractivity contribution in [3.05, 3.63) is 28.8 Å². The summed E-state index contributed by atoms with van der Waals surface area (Å²) in [5.74, 6) is 1.07. The average molecular weight is 274 g/mol. The number of nitrogens with one attached hydrogen (secondary N) is 1. The minimum atomic E-state index is 0.114. The Bertz CT molecular complexity index is 563. The van der Waals surface area contributed by atoms with Crippen LogP contribution < -0.4 is 10.0 Å². The molecule has 1 spiro atoms. The van der Waals surface area contributed by atoms with Gasteiger partial charge in [0.2, 0.25) is 0 Å². The second-order valence-corrected chi connectivity index (χ2v) is 7.74. The second-order valence-electron chi connectivity index (χ2n) is 7.74. The van der Waals surface area contributed by atoms with Gasteiger partial charge in [-0.2, -0.15) is 0 Å². The van der Waals surface area contributed by atoms with E-state index in [1.807, 2.05) is 0 Å². The van der Waals surface area contributed by atoms with Crippen LogP contribution in [0.4, 0.5) is 0 Å². The maximum absolute atomic E-state index is 8.28. The summed E-state index contributed by atoms with van der Waals surface area (Å²) in [6.45, 7) is 12.7. The molecular formula is C18H27NO. The number of hydrogen-bond donors (Lipinski definition) is 1. The molecule has 0 bridgehead atoms. The maximum Gasteiger partial charge on any atom is 0.123 e. The van der Waals surface area contributed by atoms with Crippen molar-refractivity contribution >= 4 is 0 Å². The first-order valence-corrected chi connectivity index (χ1v) is 7.73. The molecule has 2 aliphatic rings. The second kappa shape index (κ2) is 4.49. The number of ether oxygens (including phenoxy) is 1. The molecule has 3 rings (SSSR count). The van der Waals surface area contributed by atoms with Crippen LogP contribution in [-0.2, 0) is 5.41 Å². The van der Waals surface area contributed by atoms with Crippen molar-refractivity contribution < 1.29 is 6.15 Å². The first-order valence-electron chi connectivity index (χ1n) is 8.18. The molecule has 1 aromatic carbocycles. The molecule has 0 saturated carbocycles. The number of benzene rings is 1. The molecule has 20 heavy (non-hydrogen) atoms. The fourth-order valence-electron chi connectivity index (χ4n) is 3.54. The standard InChI is InChI=1S/C18H27NO/c1-12-8-14-15(9-13(12)2)20-11-18(14)6-7-19-16(10-18)17(3,4)5/h8-9,16,19H,6-7,10-11H2,1-5H3/i/hD. The Morgan fingerprint density at radius 2 is 2.00 bits per heavy atom. The van der Waals surface area contributed by atoms with Crippen molar-refractivity contribution in [2.75, 3.05) is 13.2 Å². The van der Waals surface area contributed by atoms with Gasteiger partial charge in [-0.3, -0.25) is 0 Å². The zero-order chi connectivity index (χ0) is 15.4. The summed E-state index contributed by atoms with van der Waals surface area (Å²) in [7, 11) is 0. The fraction of sp³-hybridized carbons (Fsp3) is 0.667. The van der Waals surface area contributed by atoms with Crippen LogP contribution >= 0.6 is 0 Å². The van der Waals surface area contributed by atoms with Gasteiger partial charge in [-0.15, -0.1) is 0 Å². The van der Waals surface area contributed by atoms with Crippen molar-refractivity contribution in [3.8, 4) is 5.75 Å². The summed E-state index contributed by atoms with van der Waals surface area (Å²) in [6, 6.07) is 4.80. The molecule has 110 valence electrons. The highest BCUT2D eigenvalue weighted by atomic mass is 16.5. The Balaban J connectivity index is 2.00. The molecule has 1 saturated heterocycles. The number of rotatable bonds is 0. The Labute approximate surface area is 124 Å². The molecule has 2 aliphatic heterocycles. The summed E-state index contributed by atoms with van der Waals surface area (Å²) in [4.78, 5) is 0. The lowest BCUT2D eigenvalue weighted by Crippen LogP contribution is -2.52. The Kier molecular flexibility index (Phi) is 2.85. The van der Waals surface area contributed by atoms with Gasteiger partial charge in [-0.1, -0.05) is 26.8 Å². The smallest absolute Gasteiger partial charge is 0.123 e. The van der Waals surface area contributed by atoms with Gasteiger partial charge < -0.3 is 10.0 Å². The predicted octanol–water partition coefficient (Wildman–Crippen LogP) is 3.73. The van der Waals surface area contributed by atoms with Gasteiger partial charge in [0.15, 0.2) is 0 Å². The molecule has 1 aromatic rings. The fourth-order valence-corrected chi connectivity index (χ4v) is 3.54. The van der Waals surface area contributed by atoms with Crippen molar-refractivity contribution in [2.24, 2.45) is 5.41 Å². The van der Waals surface area contributed by atoms with E-state index < -0.39 is 0 Å². The van der Waals surface area contributed by atoms with Crippen LogP contribution in [0.1, 0.15) is 50.3 Å². The number of hydrogen-bond acceptors (Lipinski definition) is 2. The molecule has 1 fully saturated rings. The van der Waals surface area contributed by atoms with Crippen molar-refractivity contribution in [2.45, 2.75) is 58.9 Å². The normalized spacial score (nSPS) is 31.1. The van der Waals surface area contributed by atoms with E-state index in [0.717, 1.165) is 31.7 Å². The van der Waals surface area contributed by atoms with Crippen molar-refractivity contribution in [3.63, 3.8) is 0 Å². The van der Waals surface area contributed by atoms with Crippen LogP contribution in [0.2, 0.25) is 1.41 Å². The number of aryl methyl sites for hydroxylation is 2. The summed E-state index contributed by atoms with van der Waals surface area (Å²) in [5.41, 5.74) is 4.27. The lowest BCUT2D eigenvalue weighted by atomic mass is 9.67. The van der Waals surface area contributed by atoms with Crippen molar-refractivity contribution in [1.29, 1.82) is 0 Å². The molecule has 0 aromatic heterocycles. The molecular weight excluding hydrogens is 246 g/mol. The third kappa shape index (κ3) is 2.14. The first kappa shape index (κ1) is 12.7. The van der Waals surface area contributed by atoms with E-state index in [0.29, 0.717) is 0 Å². The summed E-state index contributed by atoms with van der Waals surface area (Å²) >= 11 is 0. The maximum atomic E-state index is 8.28. The van der Waals surface area contributed by atoms with Gasteiger partial charge in [0.1, 0.15) is 7.16 Å². The summed E-state index contributed by atoms with van der Waals surface area (Å²) in [5, 5.41) is 1.80. The molecule has 2 unspecified atom stereocenters. The Morgan fingerprint density at radius 1 is 1.30 bits per heavy atom. The topological polar surface area (TPSA) is 21.3 Å². The van der Waals surface area contributed by atoms with E-state index in [-0.39, 0.29) is 16.9 Å². The molecule has 2 heteroatoms. The van der Waals surface area contributed by atoms with Gasteiger partial charge in [0.25, 0.3) is 0 Å². The van der Waals surface area contributed by atoms with Crippen LogP contribution in [0.5, 0.6) is 5.75 Å². The quantitative estimate of drug-likeness (QED) is 0.778. The summed E-state index contributed by atoms with van der Waals surface area (Å²) in [6.07, 6.45) is 2.05. The zero-order valence-electron chi connectivity index (χ0n) is 14.4. The molecule has 0 amide bonds. The zero-order valence-corrected chi connectivity index (χ0v) is 13.4. The van der Waals surface area contributed by atoms with E-state index in [1.54, 1.807) is 5.31 Å². The lowest BCUT2D eigenvalue weighted by Gasteiger charge is -2.43. The van der Waals surface area contributed by atoms with E-state index in [2.05, 4.69) is 46.8 Å². The van der Waals surface area contributed by atoms with Gasteiger partial charge in [-0.05, 0) is 55.8 Å². The van der Waals surface area contributed by atoms with Gasteiger partial charge in [-0.25, -0.2) is 0 Å². The Morgan fingerprint density at radius 3 is 2.70 bits per heavy atom. The predicted molar refractivity (Wildman–Crippen MR) is 83.6 cm³/mol. The monoisotopic (exact) mass is 274 g/mol. The highest BCUT2D eigenvalue weighted by Crippen LogP contribution is 2.48. The van der Waals surface area contributed by atoms with Gasteiger partial charge in [0, 0.05) is 17.0 Å². The molecule has 2 atom stereocenters. The van der Waals surface area contributed by atoms with Crippen LogP contribution in [0.3, 0.4) is 0 Å². The van der Waals surface area contributed by atoms with Crippen LogP contribution in [0, 0.1) is 19.3 Å². The Hall–Kier alpha value is -1.02. The van der Waals surface area contributed by atoms with Gasteiger partial charge >= 0.3 is 0 Å². The van der Waals surface area contributed by atoms with Crippen LogP contribution in [0.15, 0.2) is 12.1 Å². The van der Waals surface area contributed by atoms with Crippen LogP contribution in [0.25, 0.3) is 0 Å². The number of piperidine rings is 1. The summed E-state index contributed by atoms with van der Waals surface area (Å²) < 4.78 is 14.3. The molecule has 2 nitrogen and oxygen atoms in total. The molecule has 0 radical (unpaired) electrons. The van der Waals surface area contributed by atoms with E-state index in [1.165, 1.54) is 16.7 Å². The molecule has 1 N–H and O–H groups in total. The highest BCUT2D eigenvalue weighted by molar-refractivity contribution is 5.49. The van der Waals surface area contributed by atoms with E-state index in [9.17, 15) is 0 Å². The largest absolute Gasteiger partial charge is 0.492 e. The van der Waals surface area contributed by atoms with E-state index >= 15 is 0 Å². The lowest BCUT2D eigenvalue weighted by molar-refractivity contribution is 0.136. The minimum absolute atomic E-state index is 0.114. The number of fused-ring (bicyclic) bond motifs is 2. The van der Waals surface area contributed by atoms with Crippen LogP contribution in [-0.4, -0.2) is 19.2 Å². The molecule has 0 aliphatic carbocycles. The average Bonchev–Trinajstić information content (AvgIpc) is 2.71. The first-order chi connectivity index (χ1) is 9.73. The van der Waals surface area contributed by atoms with Crippen molar-refractivity contribution in [1.82, 2.24) is 5.31 Å². The highest BCUT2D eigenvalue weighted by Gasteiger charge is 2.46.